The van der Waals surface area contributed by atoms with E-state index >= 15 is 0 Å². The quantitative estimate of drug-likeness (QED) is 0.156. The van der Waals surface area contributed by atoms with E-state index in [0.717, 1.165) is 27.8 Å². The SMILES string of the molecule is C=C(C)C(=O)Oc1cc(C(C)C)c(C2(c3cc(C)c(OC(=O)C(=C)C)cc3C(C)C)OC(=O)c3ccccc32)cc1C. The molecule has 0 N–H and O–H groups in total. The van der Waals surface area contributed by atoms with E-state index in [4.69, 9.17) is 14.2 Å². The Labute approximate surface area is 248 Å². The summed E-state index contributed by atoms with van der Waals surface area (Å²) in [5.41, 5.74) is 5.16. The number of hydrogen-bond acceptors (Lipinski definition) is 6. The number of hydrogen-bond donors (Lipinski definition) is 0. The lowest BCUT2D eigenvalue weighted by molar-refractivity contribution is -0.131. The predicted octanol–water partition coefficient (Wildman–Crippen LogP) is 7.98. The van der Waals surface area contributed by atoms with Crippen LogP contribution in [0.2, 0.25) is 0 Å². The van der Waals surface area contributed by atoms with E-state index in [2.05, 4.69) is 13.2 Å². The summed E-state index contributed by atoms with van der Waals surface area (Å²) in [6, 6.07) is 15.0. The number of fused-ring (bicyclic) bond motifs is 1. The van der Waals surface area contributed by atoms with Crippen molar-refractivity contribution in [2.24, 2.45) is 0 Å². The van der Waals surface area contributed by atoms with Gasteiger partial charge in [0.2, 0.25) is 0 Å². The van der Waals surface area contributed by atoms with Gasteiger partial charge < -0.3 is 14.2 Å². The molecule has 6 nitrogen and oxygen atoms in total. The van der Waals surface area contributed by atoms with E-state index in [0.29, 0.717) is 39.3 Å². The van der Waals surface area contributed by atoms with E-state index in [9.17, 15) is 14.4 Å². The number of rotatable bonds is 8. The summed E-state index contributed by atoms with van der Waals surface area (Å²) in [4.78, 5) is 38.5. The molecule has 0 fully saturated rings. The molecular formula is C36H38O6. The Morgan fingerprint density at radius 1 is 0.738 bits per heavy atom. The van der Waals surface area contributed by atoms with Crippen LogP contribution < -0.4 is 9.47 Å². The van der Waals surface area contributed by atoms with Crippen LogP contribution >= 0.6 is 0 Å². The zero-order chi connectivity index (χ0) is 31.1. The maximum atomic E-state index is 13.6. The van der Waals surface area contributed by atoms with E-state index in [-0.39, 0.29) is 11.8 Å². The summed E-state index contributed by atoms with van der Waals surface area (Å²) in [5.74, 6) is -0.649. The molecule has 4 rings (SSSR count). The van der Waals surface area contributed by atoms with Gasteiger partial charge in [0.1, 0.15) is 11.5 Å². The van der Waals surface area contributed by atoms with Crippen LogP contribution in [0.4, 0.5) is 0 Å². The molecule has 42 heavy (non-hydrogen) atoms. The van der Waals surface area contributed by atoms with Gasteiger partial charge in [-0.15, -0.1) is 0 Å². The van der Waals surface area contributed by atoms with Gasteiger partial charge in [-0.3, -0.25) is 0 Å². The third kappa shape index (κ3) is 5.29. The molecule has 6 heteroatoms. The second kappa shape index (κ2) is 11.4. The molecule has 0 aliphatic carbocycles. The standard InChI is InChI=1S/C36H38O6/c1-19(2)26-17-31(40-33(37)21(5)6)23(9)15-29(26)36(28-14-12-11-13-25(28)35(39)42-36)30-16-24(10)32(18-27(30)20(3)4)41-34(38)22(7)8/h11-20H,5,7H2,1-4,6,8-10H3. The molecule has 0 atom stereocenters. The maximum absolute atomic E-state index is 13.6. The average molecular weight is 567 g/mol. The molecule has 0 radical (unpaired) electrons. The van der Waals surface area contributed by atoms with Gasteiger partial charge in [-0.2, -0.15) is 0 Å². The van der Waals surface area contributed by atoms with Crippen molar-refractivity contribution in [2.75, 3.05) is 0 Å². The number of benzene rings is 3. The molecule has 0 aromatic heterocycles. The Hall–Kier alpha value is -4.45. The fraction of sp³-hybridized carbons (Fsp3) is 0.306. The molecule has 0 bridgehead atoms. The van der Waals surface area contributed by atoms with Crippen LogP contribution in [0, 0.1) is 13.8 Å². The Balaban J connectivity index is 2.10. The number of esters is 3. The summed E-state index contributed by atoms with van der Waals surface area (Å²) in [5, 5.41) is 0. The van der Waals surface area contributed by atoms with Crippen LogP contribution in [-0.2, 0) is 19.9 Å². The molecular weight excluding hydrogens is 528 g/mol. The summed E-state index contributed by atoms with van der Waals surface area (Å²) in [6.45, 7) is 22.5. The Bertz CT molecular complexity index is 1550. The van der Waals surface area contributed by atoms with Crippen LogP contribution in [0.1, 0.15) is 103 Å². The first-order valence-corrected chi connectivity index (χ1v) is 14.1. The number of carbonyl (C=O) groups excluding carboxylic acids is 3. The van der Waals surface area contributed by atoms with Crippen molar-refractivity contribution < 1.29 is 28.6 Å². The van der Waals surface area contributed by atoms with Crippen LogP contribution in [0.5, 0.6) is 11.5 Å². The molecule has 0 amide bonds. The Morgan fingerprint density at radius 2 is 1.17 bits per heavy atom. The van der Waals surface area contributed by atoms with Crippen molar-refractivity contribution in [1.82, 2.24) is 0 Å². The second-order valence-electron chi connectivity index (χ2n) is 11.7. The normalized spacial score (nSPS) is 13.5. The molecule has 1 heterocycles. The number of aryl methyl sites for hydroxylation is 2. The highest BCUT2D eigenvalue weighted by Gasteiger charge is 2.51. The number of ether oxygens (including phenoxy) is 3. The van der Waals surface area contributed by atoms with Crippen molar-refractivity contribution >= 4 is 17.9 Å². The minimum Gasteiger partial charge on any atom is -0.441 e. The second-order valence-corrected chi connectivity index (χ2v) is 11.7. The minimum atomic E-state index is -1.31. The van der Waals surface area contributed by atoms with E-state index < -0.39 is 23.5 Å². The Morgan fingerprint density at radius 3 is 1.57 bits per heavy atom. The van der Waals surface area contributed by atoms with Gasteiger partial charge in [0.25, 0.3) is 0 Å². The smallest absolute Gasteiger partial charge is 0.340 e. The van der Waals surface area contributed by atoms with Crippen LogP contribution in [0.25, 0.3) is 0 Å². The van der Waals surface area contributed by atoms with Gasteiger partial charge >= 0.3 is 17.9 Å². The number of carbonyl (C=O) groups is 3. The summed E-state index contributed by atoms with van der Waals surface area (Å²) >= 11 is 0. The number of cyclic esters (lactones) is 1. The van der Waals surface area contributed by atoms with E-state index in [1.54, 1.807) is 19.9 Å². The molecule has 3 aromatic rings. The van der Waals surface area contributed by atoms with Crippen molar-refractivity contribution in [2.45, 2.75) is 72.8 Å². The zero-order valence-corrected chi connectivity index (χ0v) is 25.6. The lowest BCUT2D eigenvalue weighted by Gasteiger charge is -2.36. The first-order valence-electron chi connectivity index (χ1n) is 14.1. The Kier molecular flexibility index (Phi) is 8.31. The fourth-order valence-corrected chi connectivity index (χ4v) is 5.33. The minimum absolute atomic E-state index is 0.0226. The molecule has 218 valence electrons. The molecule has 0 saturated heterocycles. The topological polar surface area (TPSA) is 78.9 Å². The summed E-state index contributed by atoms with van der Waals surface area (Å²) in [6.07, 6.45) is 0. The van der Waals surface area contributed by atoms with Crippen LogP contribution in [0.3, 0.4) is 0 Å². The monoisotopic (exact) mass is 566 g/mol. The van der Waals surface area contributed by atoms with Gasteiger partial charge in [0.15, 0.2) is 5.60 Å². The lowest BCUT2D eigenvalue weighted by atomic mass is 9.72. The van der Waals surface area contributed by atoms with Crippen LogP contribution in [-0.4, -0.2) is 17.9 Å². The molecule has 0 spiro atoms. The van der Waals surface area contributed by atoms with Crippen molar-refractivity contribution in [1.29, 1.82) is 0 Å². The van der Waals surface area contributed by atoms with Crippen LogP contribution in [0.15, 0.2) is 72.8 Å². The fourth-order valence-electron chi connectivity index (χ4n) is 5.33. The first kappa shape index (κ1) is 30.5. The summed E-state index contributed by atoms with van der Waals surface area (Å²) < 4.78 is 17.9. The van der Waals surface area contributed by atoms with E-state index in [1.165, 1.54) is 0 Å². The molecule has 0 unspecified atom stereocenters. The molecule has 1 aliphatic heterocycles. The molecule has 1 aliphatic rings. The van der Waals surface area contributed by atoms with Gasteiger partial charge in [-0.05, 0) is 92.1 Å². The highest BCUT2D eigenvalue weighted by Crippen LogP contribution is 2.52. The maximum Gasteiger partial charge on any atom is 0.340 e. The highest BCUT2D eigenvalue weighted by atomic mass is 16.6. The largest absolute Gasteiger partial charge is 0.441 e. The molecule has 0 saturated carbocycles. The third-order valence-corrected chi connectivity index (χ3v) is 7.57. The van der Waals surface area contributed by atoms with Crippen molar-refractivity contribution in [3.05, 3.63) is 117 Å². The molecule has 3 aromatic carbocycles. The first-order chi connectivity index (χ1) is 19.7. The summed E-state index contributed by atoms with van der Waals surface area (Å²) in [7, 11) is 0. The predicted molar refractivity (Wildman–Crippen MR) is 163 cm³/mol. The van der Waals surface area contributed by atoms with Crippen molar-refractivity contribution in [3.8, 4) is 11.5 Å². The van der Waals surface area contributed by atoms with Crippen molar-refractivity contribution in [3.63, 3.8) is 0 Å². The van der Waals surface area contributed by atoms with Gasteiger partial charge in [0, 0.05) is 27.8 Å². The highest BCUT2D eigenvalue weighted by molar-refractivity contribution is 5.97. The average Bonchev–Trinajstić information content (AvgIpc) is 3.23. The van der Waals surface area contributed by atoms with Gasteiger partial charge in [-0.25, -0.2) is 14.4 Å². The third-order valence-electron chi connectivity index (χ3n) is 7.57. The zero-order valence-electron chi connectivity index (χ0n) is 25.6. The van der Waals surface area contributed by atoms with Gasteiger partial charge in [0.05, 0.1) is 5.56 Å². The van der Waals surface area contributed by atoms with E-state index in [1.807, 2.05) is 84.0 Å². The lowest BCUT2D eigenvalue weighted by Crippen LogP contribution is -2.33. The van der Waals surface area contributed by atoms with Gasteiger partial charge in [-0.1, -0.05) is 59.1 Å².